The van der Waals surface area contributed by atoms with Gasteiger partial charge in [0.05, 0.1) is 33.5 Å². The minimum Gasteiger partial charge on any atom is -0.504 e. The van der Waals surface area contributed by atoms with Crippen molar-refractivity contribution in [2.75, 3.05) is 27.9 Å². The minimum atomic E-state index is -0.924. The molecule has 1 aliphatic heterocycles. The van der Waals surface area contributed by atoms with E-state index in [1.165, 1.54) is 27.4 Å². The van der Waals surface area contributed by atoms with Gasteiger partial charge in [0.15, 0.2) is 23.0 Å². The van der Waals surface area contributed by atoms with Gasteiger partial charge in [-0.1, -0.05) is 0 Å². The summed E-state index contributed by atoms with van der Waals surface area (Å²) in [7, 11) is 4.55. The summed E-state index contributed by atoms with van der Waals surface area (Å²) in [6.45, 7) is 0.642. The van der Waals surface area contributed by atoms with Crippen LogP contribution in [0.15, 0.2) is 24.3 Å². The Balaban J connectivity index is 0.00000261. The lowest BCUT2D eigenvalue weighted by atomic mass is 9.88. The van der Waals surface area contributed by atoms with Crippen LogP contribution >= 0.6 is 12.4 Å². The second kappa shape index (κ2) is 8.56. The molecule has 0 spiro atoms. The molecule has 27 heavy (non-hydrogen) atoms. The zero-order valence-corrected chi connectivity index (χ0v) is 16.2. The summed E-state index contributed by atoms with van der Waals surface area (Å²) in [5.41, 5.74) is 2.21. The molecule has 4 N–H and O–H groups in total. The number of halogens is 1. The van der Waals surface area contributed by atoms with Crippen LogP contribution in [0.1, 0.15) is 28.8 Å². The smallest absolute Gasteiger partial charge is 0.203 e. The predicted octanol–water partition coefficient (Wildman–Crippen LogP) is 2.47. The number of phenolic OH excluding ortho intramolecular Hbond substituents is 2. The Labute approximate surface area is 163 Å². The number of fused-ring (bicyclic) bond motifs is 1. The number of aromatic hydroxyl groups is 2. The molecule has 0 saturated carbocycles. The summed E-state index contributed by atoms with van der Waals surface area (Å²) < 4.78 is 16.0. The minimum absolute atomic E-state index is 0. The molecule has 1 aliphatic rings. The Kier molecular flexibility index (Phi) is 6.64. The van der Waals surface area contributed by atoms with Crippen LogP contribution in [0.25, 0.3) is 0 Å². The Hall–Kier alpha value is -2.35. The number of methoxy groups -OCH3 is 3. The van der Waals surface area contributed by atoms with Crippen LogP contribution in [0, 0.1) is 0 Å². The first-order valence-corrected chi connectivity index (χ1v) is 8.26. The van der Waals surface area contributed by atoms with E-state index in [0.29, 0.717) is 35.8 Å². The molecule has 0 aliphatic carbocycles. The van der Waals surface area contributed by atoms with Crippen molar-refractivity contribution >= 4 is 12.4 Å². The predicted molar refractivity (Wildman–Crippen MR) is 103 cm³/mol. The van der Waals surface area contributed by atoms with Gasteiger partial charge in [0.1, 0.15) is 0 Å². The fraction of sp³-hybridized carbons (Fsp3) is 0.368. The highest BCUT2D eigenvalue weighted by Crippen LogP contribution is 2.43. The third kappa shape index (κ3) is 3.85. The number of ether oxygens (including phenoxy) is 3. The Morgan fingerprint density at radius 2 is 1.56 bits per heavy atom. The summed E-state index contributed by atoms with van der Waals surface area (Å²) in [4.78, 5) is 0. The highest BCUT2D eigenvalue weighted by atomic mass is 35.5. The van der Waals surface area contributed by atoms with Crippen LogP contribution in [0.2, 0.25) is 0 Å². The molecular formula is C19H24ClNO6. The molecule has 1 heterocycles. The maximum atomic E-state index is 11.0. The van der Waals surface area contributed by atoms with Gasteiger partial charge in [-0.2, -0.15) is 0 Å². The van der Waals surface area contributed by atoms with E-state index in [4.69, 9.17) is 14.2 Å². The van der Waals surface area contributed by atoms with E-state index in [9.17, 15) is 15.3 Å². The summed E-state index contributed by atoms with van der Waals surface area (Å²) in [5.74, 6) is 0.975. The number of hydrogen-bond acceptors (Lipinski definition) is 7. The molecular weight excluding hydrogens is 374 g/mol. The number of hydrogen-bond donors (Lipinski definition) is 4. The highest BCUT2D eigenvalue weighted by Gasteiger charge is 2.30. The monoisotopic (exact) mass is 397 g/mol. The van der Waals surface area contributed by atoms with Crippen LogP contribution in [-0.4, -0.2) is 43.2 Å². The largest absolute Gasteiger partial charge is 0.504 e. The van der Waals surface area contributed by atoms with Crippen molar-refractivity contribution < 1.29 is 29.5 Å². The first-order valence-electron chi connectivity index (χ1n) is 8.26. The Morgan fingerprint density at radius 3 is 2.11 bits per heavy atom. The Bertz CT molecular complexity index is 788. The topological polar surface area (TPSA) is 100 Å². The molecule has 0 amide bonds. The van der Waals surface area contributed by atoms with E-state index < -0.39 is 12.1 Å². The van der Waals surface area contributed by atoms with Gasteiger partial charge in [-0.25, -0.2) is 0 Å². The molecule has 0 aromatic heterocycles. The molecule has 0 saturated heterocycles. The third-order valence-corrected chi connectivity index (χ3v) is 4.67. The van der Waals surface area contributed by atoms with Gasteiger partial charge in [-0.15, -0.1) is 12.4 Å². The van der Waals surface area contributed by atoms with E-state index in [2.05, 4.69) is 5.32 Å². The van der Waals surface area contributed by atoms with Crippen molar-refractivity contribution in [2.24, 2.45) is 0 Å². The molecule has 2 atom stereocenters. The molecule has 8 heteroatoms. The van der Waals surface area contributed by atoms with Crippen molar-refractivity contribution in [1.82, 2.24) is 5.32 Å². The molecule has 2 aromatic carbocycles. The number of rotatable bonds is 5. The average molecular weight is 398 g/mol. The fourth-order valence-corrected chi connectivity index (χ4v) is 3.36. The zero-order chi connectivity index (χ0) is 18.8. The molecule has 0 unspecified atom stereocenters. The standard InChI is InChI=1S/C19H23NO6.ClH/c1-24-15-7-11(8-16(25-2)19(15)26-3)18(23)17-12-9-14(22)13(21)6-10(12)4-5-20-17;/h6-9,17-18,20-23H,4-5H2,1-3H3;1H/t17-,18+;/m1./s1. The van der Waals surface area contributed by atoms with Crippen molar-refractivity contribution in [3.8, 4) is 28.7 Å². The summed E-state index contributed by atoms with van der Waals surface area (Å²) in [6, 6.07) is 5.97. The van der Waals surface area contributed by atoms with Gasteiger partial charge in [-0.3, -0.25) is 0 Å². The lowest BCUT2D eigenvalue weighted by molar-refractivity contribution is 0.124. The summed E-state index contributed by atoms with van der Waals surface area (Å²) in [6.07, 6.45) is -0.228. The average Bonchev–Trinajstić information content (AvgIpc) is 2.66. The molecule has 7 nitrogen and oxygen atoms in total. The van der Waals surface area contributed by atoms with Crippen molar-refractivity contribution in [2.45, 2.75) is 18.6 Å². The van der Waals surface area contributed by atoms with Crippen LogP contribution in [0.5, 0.6) is 28.7 Å². The van der Waals surface area contributed by atoms with Crippen molar-refractivity contribution in [3.63, 3.8) is 0 Å². The second-order valence-electron chi connectivity index (χ2n) is 6.13. The number of phenols is 2. The first-order chi connectivity index (χ1) is 12.5. The number of aliphatic hydroxyl groups is 1. The molecule has 148 valence electrons. The lowest BCUT2D eigenvalue weighted by Crippen LogP contribution is -2.34. The lowest BCUT2D eigenvalue weighted by Gasteiger charge is -2.31. The van der Waals surface area contributed by atoms with Crippen LogP contribution in [0.4, 0.5) is 0 Å². The number of benzene rings is 2. The SMILES string of the molecule is COc1cc([C@H](O)[C@@H]2NCCc3cc(O)c(O)cc32)cc(OC)c1OC.Cl. The van der Waals surface area contributed by atoms with Gasteiger partial charge in [-0.05, 0) is 53.9 Å². The second-order valence-corrected chi connectivity index (χ2v) is 6.13. The molecule has 0 fully saturated rings. The van der Waals surface area contributed by atoms with E-state index in [0.717, 1.165) is 11.1 Å². The molecule has 0 radical (unpaired) electrons. The van der Waals surface area contributed by atoms with Gasteiger partial charge in [0, 0.05) is 0 Å². The van der Waals surface area contributed by atoms with Gasteiger partial charge in [0.25, 0.3) is 0 Å². The van der Waals surface area contributed by atoms with E-state index in [1.807, 2.05) is 0 Å². The van der Waals surface area contributed by atoms with Gasteiger partial charge in [0.2, 0.25) is 5.75 Å². The number of nitrogens with one attached hydrogen (secondary N) is 1. The van der Waals surface area contributed by atoms with Crippen LogP contribution in [0.3, 0.4) is 0 Å². The number of aliphatic hydroxyl groups excluding tert-OH is 1. The zero-order valence-electron chi connectivity index (χ0n) is 15.4. The van der Waals surface area contributed by atoms with Gasteiger partial charge >= 0.3 is 0 Å². The quantitative estimate of drug-likeness (QED) is 0.575. The summed E-state index contributed by atoms with van der Waals surface area (Å²) >= 11 is 0. The highest BCUT2D eigenvalue weighted by molar-refractivity contribution is 5.85. The first kappa shape index (κ1) is 21.0. The maximum absolute atomic E-state index is 11.0. The maximum Gasteiger partial charge on any atom is 0.203 e. The van der Waals surface area contributed by atoms with Crippen LogP contribution in [-0.2, 0) is 6.42 Å². The van der Waals surface area contributed by atoms with E-state index >= 15 is 0 Å². The van der Waals surface area contributed by atoms with Gasteiger partial charge < -0.3 is 34.8 Å². The van der Waals surface area contributed by atoms with Crippen molar-refractivity contribution in [3.05, 3.63) is 41.0 Å². The van der Waals surface area contributed by atoms with Crippen molar-refractivity contribution in [1.29, 1.82) is 0 Å². The molecule has 3 rings (SSSR count). The van der Waals surface area contributed by atoms with E-state index in [1.54, 1.807) is 18.2 Å². The molecule has 2 aromatic rings. The third-order valence-electron chi connectivity index (χ3n) is 4.67. The van der Waals surface area contributed by atoms with E-state index in [-0.39, 0.29) is 23.9 Å². The summed E-state index contributed by atoms with van der Waals surface area (Å²) in [5, 5.41) is 33.9. The van der Waals surface area contributed by atoms with Crippen LogP contribution < -0.4 is 19.5 Å². The normalized spacial score (nSPS) is 16.7. The molecule has 0 bridgehead atoms. The fourth-order valence-electron chi connectivity index (χ4n) is 3.36. The Morgan fingerprint density at radius 1 is 0.963 bits per heavy atom.